The largest absolute Gasteiger partial charge is 0.497 e. The number of hydrogen-bond donors (Lipinski definition) is 1. The number of hydrogen-bond acceptors (Lipinski definition) is 3. The van der Waals surface area contributed by atoms with Gasteiger partial charge in [0.2, 0.25) is 0 Å². The SMILES string of the molecule is COc1ccc(CCC(O)C(OC)C2CC2)cc1. The number of methoxy groups -OCH3 is 2. The van der Waals surface area contributed by atoms with E-state index in [4.69, 9.17) is 9.47 Å². The molecule has 1 aromatic carbocycles. The van der Waals surface area contributed by atoms with E-state index in [1.807, 2.05) is 24.3 Å². The Hall–Kier alpha value is -1.06. The van der Waals surface area contributed by atoms with E-state index in [-0.39, 0.29) is 12.2 Å². The smallest absolute Gasteiger partial charge is 0.118 e. The second kappa shape index (κ2) is 6.21. The normalized spacial score (nSPS) is 18.4. The first-order valence-electron chi connectivity index (χ1n) is 6.58. The maximum Gasteiger partial charge on any atom is 0.118 e. The zero-order chi connectivity index (χ0) is 13.0. The summed E-state index contributed by atoms with van der Waals surface area (Å²) >= 11 is 0. The quantitative estimate of drug-likeness (QED) is 0.807. The first kappa shape index (κ1) is 13.4. The van der Waals surface area contributed by atoms with Crippen molar-refractivity contribution in [1.29, 1.82) is 0 Å². The maximum absolute atomic E-state index is 10.1. The van der Waals surface area contributed by atoms with Crippen LogP contribution in [0, 0.1) is 5.92 Å². The molecule has 3 nitrogen and oxygen atoms in total. The Morgan fingerprint density at radius 1 is 1.22 bits per heavy atom. The Morgan fingerprint density at radius 2 is 1.89 bits per heavy atom. The van der Waals surface area contributed by atoms with E-state index < -0.39 is 0 Å². The van der Waals surface area contributed by atoms with Gasteiger partial charge in [0.1, 0.15) is 5.75 Å². The van der Waals surface area contributed by atoms with Crippen LogP contribution in [0.25, 0.3) is 0 Å². The number of benzene rings is 1. The molecule has 0 bridgehead atoms. The van der Waals surface area contributed by atoms with E-state index in [2.05, 4.69) is 0 Å². The Labute approximate surface area is 109 Å². The van der Waals surface area contributed by atoms with Crippen molar-refractivity contribution in [2.24, 2.45) is 5.92 Å². The molecular formula is C15H22O3. The van der Waals surface area contributed by atoms with Crippen LogP contribution in [0.2, 0.25) is 0 Å². The second-order valence-electron chi connectivity index (χ2n) is 4.99. The topological polar surface area (TPSA) is 38.7 Å². The molecule has 100 valence electrons. The summed E-state index contributed by atoms with van der Waals surface area (Å²) in [6.07, 6.45) is 3.67. The molecule has 18 heavy (non-hydrogen) atoms. The molecule has 0 heterocycles. The van der Waals surface area contributed by atoms with Crippen molar-refractivity contribution in [2.45, 2.75) is 37.9 Å². The van der Waals surface area contributed by atoms with Crippen molar-refractivity contribution < 1.29 is 14.6 Å². The number of rotatable bonds is 7. The molecule has 1 fully saturated rings. The molecule has 3 heteroatoms. The highest BCUT2D eigenvalue weighted by Gasteiger charge is 2.35. The van der Waals surface area contributed by atoms with E-state index in [1.165, 1.54) is 18.4 Å². The Balaban J connectivity index is 1.82. The predicted molar refractivity (Wildman–Crippen MR) is 70.8 cm³/mol. The third kappa shape index (κ3) is 3.47. The zero-order valence-electron chi connectivity index (χ0n) is 11.1. The second-order valence-corrected chi connectivity index (χ2v) is 4.99. The van der Waals surface area contributed by atoms with Crippen LogP contribution in [0.4, 0.5) is 0 Å². The Bertz CT molecular complexity index is 357. The summed E-state index contributed by atoms with van der Waals surface area (Å²) in [4.78, 5) is 0. The van der Waals surface area contributed by atoms with Crippen molar-refractivity contribution in [3.05, 3.63) is 29.8 Å². The van der Waals surface area contributed by atoms with Gasteiger partial charge in [0, 0.05) is 7.11 Å². The number of aliphatic hydroxyl groups excluding tert-OH is 1. The molecule has 1 aliphatic rings. The van der Waals surface area contributed by atoms with Crippen molar-refractivity contribution >= 4 is 0 Å². The minimum Gasteiger partial charge on any atom is -0.497 e. The van der Waals surface area contributed by atoms with Gasteiger partial charge in [0.05, 0.1) is 19.3 Å². The van der Waals surface area contributed by atoms with E-state index in [0.29, 0.717) is 5.92 Å². The molecule has 1 N–H and O–H groups in total. The standard InChI is InChI=1S/C15H22O3/c1-17-13-8-3-11(4-9-13)5-10-14(16)15(18-2)12-6-7-12/h3-4,8-9,12,14-16H,5-7,10H2,1-2H3. The van der Waals surface area contributed by atoms with Crippen LogP contribution >= 0.6 is 0 Å². The monoisotopic (exact) mass is 250 g/mol. The maximum atomic E-state index is 10.1. The van der Waals surface area contributed by atoms with Crippen molar-refractivity contribution in [3.8, 4) is 5.75 Å². The average molecular weight is 250 g/mol. The third-order valence-corrected chi connectivity index (χ3v) is 3.63. The summed E-state index contributed by atoms with van der Waals surface area (Å²) in [6, 6.07) is 8.00. The van der Waals surface area contributed by atoms with Gasteiger partial charge in [-0.15, -0.1) is 0 Å². The van der Waals surface area contributed by atoms with Crippen LogP contribution in [0.3, 0.4) is 0 Å². The average Bonchev–Trinajstić information content (AvgIpc) is 3.22. The van der Waals surface area contributed by atoms with E-state index >= 15 is 0 Å². The fourth-order valence-corrected chi connectivity index (χ4v) is 2.36. The lowest BCUT2D eigenvalue weighted by atomic mass is 10.0. The molecule has 1 aromatic rings. The Morgan fingerprint density at radius 3 is 2.39 bits per heavy atom. The van der Waals surface area contributed by atoms with Crippen LogP contribution in [0.15, 0.2) is 24.3 Å². The summed E-state index contributed by atoms with van der Waals surface area (Å²) in [5.74, 6) is 1.44. The summed E-state index contributed by atoms with van der Waals surface area (Å²) in [5, 5.41) is 10.1. The first-order chi connectivity index (χ1) is 8.74. The minimum atomic E-state index is -0.357. The van der Waals surface area contributed by atoms with Gasteiger partial charge in [-0.3, -0.25) is 0 Å². The number of ether oxygens (including phenoxy) is 2. The molecule has 0 saturated heterocycles. The summed E-state index contributed by atoms with van der Waals surface area (Å²) in [7, 11) is 3.36. The van der Waals surface area contributed by atoms with E-state index in [1.54, 1.807) is 14.2 Å². The molecule has 0 aliphatic heterocycles. The van der Waals surface area contributed by atoms with Crippen LogP contribution in [0.5, 0.6) is 5.75 Å². The number of aryl methyl sites for hydroxylation is 1. The molecular weight excluding hydrogens is 228 g/mol. The predicted octanol–water partition coefficient (Wildman–Crippen LogP) is 2.41. The summed E-state index contributed by atoms with van der Waals surface area (Å²) in [6.45, 7) is 0. The molecule has 0 aromatic heterocycles. The molecule has 2 rings (SSSR count). The van der Waals surface area contributed by atoms with E-state index in [9.17, 15) is 5.11 Å². The highest BCUT2D eigenvalue weighted by Crippen LogP contribution is 2.36. The van der Waals surface area contributed by atoms with Gasteiger partial charge in [-0.2, -0.15) is 0 Å². The van der Waals surface area contributed by atoms with Gasteiger partial charge in [-0.25, -0.2) is 0 Å². The molecule has 0 amide bonds. The van der Waals surface area contributed by atoms with Gasteiger partial charge in [-0.1, -0.05) is 12.1 Å². The molecule has 1 saturated carbocycles. The van der Waals surface area contributed by atoms with Crippen molar-refractivity contribution in [2.75, 3.05) is 14.2 Å². The number of aliphatic hydroxyl groups is 1. The highest BCUT2D eigenvalue weighted by molar-refractivity contribution is 5.27. The lowest BCUT2D eigenvalue weighted by molar-refractivity contribution is -0.0276. The van der Waals surface area contributed by atoms with Crippen LogP contribution in [-0.2, 0) is 11.2 Å². The zero-order valence-corrected chi connectivity index (χ0v) is 11.1. The van der Waals surface area contributed by atoms with Crippen LogP contribution < -0.4 is 4.74 Å². The molecule has 2 unspecified atom stereocenters. The summed E-state index contributed by atoms with van der Waals surface area (Å²) < 4.78 is 10.5. The van der Waals surface area contributed by atoms with Gasteiger partial charge in [0.25, 0.3) is 0 Å². The minimum absolute atomic E-state index is 0.0169. The summed E-state index contributed by atoms with van der Waals surface area (Å²) in [5.41, 5.74) is 1.22. The van der Waals surface area contributed by atoms with Crippen LogP contribution in [0.1, 0.15) is 24.8 Å². The van der Waals surface area contributed by atoms with Crippen molar-refractivity contribution in [1.82, 2.24) is 0 Å². The van der Waals surface area contributed by atoms with Gasteiger partial charge in [0.15, 0.2) is 0 Å². The fourth-order valence-electron chi connectivity index (χ4n) is 2.36. The molecule has 2 atom stereocenters. The third-order valence-electron chi connectivity index (χ3n) is 3.63. The molecule has 0 radical (unpaired) electrons. The lowest BCUT2D eigenvalue weighted by Gasteiger charge is -2.21. The lowest BCUT2D eigenvalue weighted by Crippen LogP contribution is -2.30. The van der Waals surface area contributed by atoms with E-state index in [0.717, 1.165) is 18.6 Å². The van der Waals surface area contributed by atoms with Gasteiger partial charge < -0.3 is 14.6 Å². The molecule has 0 spiro atoms. The van der Waals surface area contributed by atoms with Gasteiger partial charge in [-0.05, 0) is 49.3 Å². The van der Waals surface area contributed by atoms with Crippen molar-refractivity contribution in [3.63, 3.8) is 0 Å². The first-order valence-corrected chi connectivity index (χ1v) is 6.58. The Kier molecular flexibility index (Phi) is 4.61. The molecule has 1 aliphatic carbocycles. The highest BCUT2D eigenvalue weighted by atomic mass is 16.5. The van der Waals surface area contributed by atoms with Crippen LogP contribution in [-0.4, -0.2) is 31.5 Å². The van der Waals surface area contributed by atoms with Gasteiger partial charge >= 0.3 is 0 Å². The fraction of sp³-hybridized carbons (Fsp3) is 0.600.